The van der Waals surface area contributed by atoms with Crippen molar-refractivity contribution in [2.45, 2.75) is 63.7 Å². The Bertz CT molecular complexity index is 719. The SMILES string of the molecule is CCC(C)C(NC(=O)C(N)CC(=O)O)C(=O)NC(CCC(N)=O)C(=O)NC(CS)C(=O)O. The quantitative estimate of drug-likeness (QED) is 0.117. The highest BCUT2D eigenvalue weighted by molar-refractivity contribution is 7.80. The van der Waals surface area contributed by atoms with Crippen molar-refractivity contribution in [3.63, 3.8) is 0 Å². The lowest BCUT2D eigenvalue weighted by Crippen LogP contribution is -2.59. The molecule has 0 radical (unpaired) electrons. The minimum atomic E-state index is -1.40. The molecular weight excluding hydrogens is 446 g/mol. The summed E-state index contributed by atoms with van der Waals surface area (Å²) in [4.78, 5) is 70.7. The molecule has 182 valence electrons. The molecule has 0 fully saturated rings. The number of nitrogens with one attached hydrogen (secondary N) is 3. The molecule has 0 aliphatic carbocycles. The number of nitrogens with two attached hydrogens (primary N) is 2. The summed E-state index contributed by atoms with van der Waals surface area (Å²) in [6.07, 6.45) is -0.706. The number of primary amides is 1. The second kappa shape index (κ2) is 14.2. The summed E-state index contributed by atoms with van der Waals surface area (Å²) in [5.41, 5.74) is 10.6. The van der Waals surface area contributed by atoms with E-state index in [9.17, 15) is 28.8 Å². The molecule has 0 saturated heterocycles. The number of thiol groups is 1. The molecule has 0 bridgehead atoms. The van der Waals surface area contributed by atoms with Gasteiger partial charge in [0.25, 0.3) is 0 Å². The fourth-order valence-electron chi connectivity index (χ4n) is 2.52. The number of carboxylic acids is 2. The topological polar surface area (TPSA) is 231 Å². The Morgan fingerprint density at radius 2 is 1.50 bits per heavy atom. The Morgan fingerprint density at radius 1 is 0.938 bits per heavy atom. The van der Waals surface area contributed by atoms with Crippen LogP contribution in [0.5, 0.6) is 0 Å². The summed E-state index contributed by atoms with van der Waals surface area (Å²) in [6.45, 7) is 3.39. The normalized spacial score (nSPS) is 15.4. The Morgan fingerprint density at radius 3 is 1.94 bits per heavy atom. The minimum Gasteiger partial charge on any atom is -0.481 e. The van der Waals surface area contributed by atoms with Crippen LogP contribution in [-0.2, 0) is 28.8 Å². The van der Waals surface area contributed by atoms with Gasteiger partial charge in [0.2, 0.25) is 23.6 Å². The van der Waals surface area contributed by atoms with Crippen LogP contribution in [-0.4, -0.2) is 75.7 Å². The second-order valence-electron chi connectivity index (χ2n) is 7.22. The Balaban J connectivity index is 5.54. The molecule has 0 rings (SSSR count). The summed E-state index contributed by atoms with van der Waals surface area (Å²) in [7, 11) is 0. The van der Waals surface area contributed by atoms with Crippen LogP contribution in [0.25, 0.3) is 0 Å². The largest absolute Gasteiger partial charge is 0.481 e. The van der Waals surface area contributed by atoms with Crippen LogP contribution in [0.15, 0.2) is 0 Å². The summed E-state index contributed by atoms with van der Waals surface area (Å²) in [5.74, 6) is -6.57. The van der Waals surface area contributed by atoms with Crippen LogP contribution in [0.3, 0.4) is 0 Å². The zero-order valence-corrected chi connectivity index (χ0v) is 18.8. The fourth-order valence-corrected chi connectivity index (χ4v) is 2.77. The van der Waals surface area contributed by atoms with Crippen molar-refractivity contribution in [3.8, 4) is 0 Å². The number of hydrogen-bond acceptors (Lipinski definition) is 8. The van der Waals surface area contributed by atoms with Gasteiger partial charge in [-0.15, -0.1) is 0 Å². The van der Waals surface area contributed by atoms with Gasteiger partial charge in [0.15, 0.2) is 0 Å². The number of carbonyl (C=O) groups excluding carboxylic acids is 4. The highest BCUT2D eigenvalue weighted by Gasteiger charge is 2.32. The second-order valence-corrected chi connectivity index (χ2v) is 7.59. The molecule has 4 amide bonds. The van der Waals surface area contributed by atoms with E-state index < -0.39 is 72.1 Å². The van der Waals surface area contributed by atoms with E-state index in [4.69, 9.17) is 21.7 Å². The maximum atomic E-state index is 12.9. The third kappa shape index (κ3) is 10.4. The van der Waals surface area contributed by atoms with Crippen molar-refractivity contribution in [1.82, 2.24) is 16.0 Å². The van der Waals surface area contributed by atoms with Crippen LogP contribution in [0, 0.1) is 5.92 Å². The van der Waals surface area contributed by atoms with Gasteiger partial charge in [-0.05, 0) is 12.3 Å². The predicted molar refractivity (Wildman–Crippen MR) is 115 cm³/mol. The molecule has 0 heterocycles. The average molecular weight is 478 g/mol. The van der Waals surface area contributed by atoms with Crippen LogP contribution in [0.1, 0.15) is 39.5 Å². The van der Waals surface area contributed by atoms with Gasteiger partial charge in [0.05, 0.1) is 12.5 Å². The monoisotopic (exact) mass is 477 g/mol. The number of hydrogen-bond donors (Lipinski definition) is 8. The van der Waals surface area contributed by atoms with Crippen molar-refractivity contribution >= 4 is 48.2 Å². The fraction of sp³-hybridized carbons (Fsp3) is 0.667. The van der Waals surface area contributed by atoms with Gasteiger partial charge in [-0.2, -0.15) is 12.6 Å². The summed E-state index contributed by atoms with van der Waals surface area (Å²) < 4.78 is 0. The van der Waals surface area contributed by atoms with Crippen LogP contribution in [0.4, 0.5) is 0 Å². The van der Waals surface area contributed by atoms with E-state index in [1.165, 1.54) is 0 Å². The van der Waals surface area contributed by atoms with Crippen LogP contribution < -0.4 is 27.4 Å². The molecule has 0 saturated carbocycles. The standard InChI is InChI=1S/C18H31N5O8S/c1-3-8(2)14(23-15(27)9(19)6-13(25)26)17(29)21-10(4-5-12(20)24)16(28)22-11(7-32)18(30)31/h8-11,14,32H,3-7,19H2,1-2H3,(H2,20,24)(H,21,29)(H,22,28)(H,23,27)(H,25,26)(H,30,31). The lowest BCUT2D eigenvalue weighted by atomic mass is 9.97. The van der Waals surface area contributed by atoms with Gasteiger partial charge >= 0.3 is 11.9 Å². The van der Waals surface area contributed by atoms with E-state index in [-0.39, 0.29) is 18.6 Å². The van der Waals surface area contributed by atoms with Gasteiger partial charge in [-0.1, -0.05) is 20.3 Å². The number of aliphatic carboxylic acids is 2. The van der Waals surface area contributed by atoms with Gasteiger partial charge in [0, 0.05) is 12.2 Å². The van der Waals surface area contributed by atoms with E-state index in [1.807, 2.05) is 0 Å². The van der Waals surface area contributed by atoms with Crippen molar-refractivity contribution in [1.29, 1.82) is 0 Å². The van der Waals surface area contributed by atoms with Crippen LogP contribution >= 0.6 is 12.6 Å². The zero-order valence-electron chi connectivity index (χ0n) is 17.9. The Hall–Kier alpha value is -2.87. The van der Waals surface area contributed by atoms with Crippen molar-refractivity contribution < 1.29 is 39.0 Å². The van der Waals surface area contributed by atoms with Gasteiger partial charge in [0.1, 0.15) is 18.1 Å². The third-order valence-corrected chi connectivity index (χ3v) is 5.00. The molecular formula is C18H31N5O8S. The summed E-state index contributed by atoms with van der Waals surface area (Å²) in [6, 6.07) is -5.23. The average Bonchev–Trinajstić information content (AvgIpc) is 2.70. The van der Waals surface area contributed by atoms with Crippen molar-refractivity contribution in [3.05, 3.63) is 0 Å². The Kier molecular flexibility index (Phi) is 13.0. The summed E-state index contributed by atoms with van der Waals surface area (Å²) in [5, 5.41) is 24.8. The molecule has 0 aromatic rings. The molecule has 0 aromatic carbocycles. The number of amides is 4. The molecule has 32 heavy (non-hydrogen) atoms. The van der Waals surface area contributed by atoms with Gasteiger partial charge in [-0.3, -0.25) is 24.0 Å². The number of rotatable bonds is 15. The smallest absolute Gasteiger partial charge is 0.327 e. The van der Waals surface area contributed by atoms with Gasteiger partial charge in [-0.25, -0.2) is 4.79 Å². The minimum absolute atomic E-state index is 0.217. The maximum absolute atomic E-state index is 12.9. The number of carboxylic acid groups (broad SMARTS) is 2. The molecule has 0 aromatic heterocycles. The molecule has 5 atom stereocenters. The lowest BCUT2D eigenvalue weighted by Gasteiger charge is -2.27. The highest BCUT2D eigenvalue weighted by Crippen LogP contribution is 2.10. The molecule has 0 spiro atoms. The first-order valence-electron chi connectivity index (χ1n) is 9.84. The van der Waals surface area contributed by atoms with Crippen molar-refractivity contribution in [2.75, 3.05) is 5.75 Å². The molecule has 14 heteroatoms. The first-order chi connectivity index (χ1) is 14.8. The first kappa shape index (κ1) is 29.1. The van der Waals surface area contributed by atoms with E-state index in [2.05, 4.69) is 28.6 Å². The highest BCUT2D eigenvalue weighted by atomic mass is 32.1. The van der Waals surface area contributed by atoms with Crippen LogP contribution in [0.2, 0.25) is 0 Å². The molecule has 0 aliphatic rings. The van der Waals surface area contributed by atoms with E-state index in [0.717, 1.165) is 0 Å². The maximum Gasteiger partial charge on any atom is 0.327 e. The van der Waals surface area contributed by atoms with E-state index >= 15 is 0 Å². The van der Waals surface area contributed by atoms with Crippen molar-refractivity contribution in [2.24, 2.45) is 17.4 Å². The third-order valence-electron chi connectivity index (χ3n) is 4.63. The first-order valence-corrected chi connectivity index (χ1v) is 10.5. The van der Waals surface area contributed by atoms with E-state index in [0.29, 0.717) is 6.42 Å². The Labute approximate surface area is 190 Å². The summed E-state index contributed by atoms with van der Waals surface area (Å²) >= 11 is 3.85. The van der Waals surface area contributed by atoms with Gasteiger partial charge < -0.3 is 37.6 Å². The molecule has 9 N–H and O–H groups in total. The molecule has 5 unspecified atom stereocenters. The molecule has 13 nitrogen and oxygen atoms in total. The predicted octanol–water partition coefficient (Wildman–Crippen LogP) is -2.43. The molecule has 0 aliphatic heterocycles. The number of carbonyl (C=O) groups is 6. The zero-order chi connectivity index (χ0) is 25.0. The van der Waals surface area contributed by atoms with E-state index in [1.54, 1.807) is 13.8 Å². The lowest BCUT2D eigenvalue weighted by molar-refractivity contribution is -0.141.